The third-order valence-corrected chi connectivity index (χ3v) is 2.92. The number of halogens is 2. The Hall–Kier alpha value is -2.28. The maximum Gasteiger partial charge on any atom is 0.321 e. The van der Waals surface area contributed by atoms with Crippen molar-refractivity contribution in [2.45, 2.75) is 13.5 Å². The van der Waals surface area contributed by atoms with Gasteiger partial charge in [0.25, 0.3) is 0 Å². The van der Waals surface area contributed by atoms with Gasteiger partial charge in [-0.2, -0.15) is 0 Å². The second kappa shape index (κ2) is 8.89. The van der Waals surface area contributed by atoms with E-state index in [-0.39, 0.29) is 25.2 Å². The lowest BCUT2D eigenvalue weighted by Gasteiger charge is -2.20. The first-order valence-corrected chi connectivity index (χ1v) is 6.81. The van der Waals surface area contributed by atoms with Gasteiger partial charge in [-0.25, -0.2) is 13.6 Å². The Morgan fingerprint density at radius 3 is 2.50 bits per heavy atom. The molecule has 1 aromatic rings. The number of carbonyl (C=O) groups excluding carboxylic acids is 2. The number of rotatable bonds is 7. The Balaban J connectivity index is 2.60. The molecule has 0 aliphatic carbocycles. The summed E-state index contributed by atoms with van der Waals surface area (Å²) in [5.41, 5.74) is -0.103. The smallest absolute Gasteiger partial charge is 0.321 e. The van der Waals surface area contributed by atoms with Crippen molar-refractivity contribution in [1.29, 1.82) is 0 Å². The Morgan fingerprint density at radius 2 is 1.95 bits per heavy atom. The van der Waals surface area contributed by atoms with Gasteiger partial charge in [0.15, 0.2) is 0 Å². The predicted octanol–water partition coefficient (Wildman–Crippen LogP) is 1.80. The largest absolute Gasteiger partial charge is 0.334 e. The fourth-order valence-corrected chi connectivity index (χ4v) is 1.76. The molecule has 2 N–H and O–H groups in total. The highest BCUT2D eigenvalue weighted by atomic mass is 19.1. The third kappa shape index (κ3) is 5.61. The quantitative estimate of drug-likeness (QED) is 0.755. The van der Waals surface area contributed by atoms with Crippen LogP contribution in [0.25, 0.3) is 0 Å². The number of benzene rings is 1. The summed E-state index contributed by atoms with van der Waals surface area (Å²) in [5.74, 6) is -1.88. The van der Waals surface area contributed by atoms with Gasteiger partial charge >= 0.3 is 6.03 Å². The molecule has 0 spiro atoms. The monoisotopic (exact) mass is 311 g/mol. The number of amides is 3. The summed E-state index contributed by atoms with van der Waals surface area (Å²) in [5, 5.41) is 4.52. The second-order valence-electron chi connectivity index (χ2n) is 4.55. The molecule has 22 heavy (non-hydrogen) atoms. The van der Waals surface area contributed by atoms with Crippen LogP contribution >= 0.6 is 0 Å². The highest BCUT2D eigenvalue weighted by molar-refractivity contribution is 5.95. The normalized spacial score (nSPS) is 10.4. The number of nitrogens with one attached hydrogen (secondary N) is 2. The summed E-state index contributed by atoms with van der Waals surface area (Å²) in [6.07, 6.45) is 1.48. The van der Waals surface area contributed by atoms with E-state index in [4.69, 9.17) is 0 Å². The van der Waals surface area contributed by atoms with E-state index in [0.717, 1.165) is 12.1 Å². The molecule has 0 aromatic heterocycles. The van der Waals surface area contributed by atoms with Gasteiger partial charge in [-0.1, -0.05) is 19.1 Å². The van der Waals surface area contributed by atoms with Crippen molar-refractivity contribution in [2.24, 2.45) is 0 Å². The minimum atomic E-state index is -0.664. The van der Waals surface area contributed by atoms with Gasteiger partial charge in [0.1, 0.15) is 11.6 Å². The van der Waals surface area contributed by atoms with Crippen molar-refractivity contribution in [3.8, 4) is 0 Å². The Kier molecular flexibility index (Phi) is 7.18. The summed E-state index contributed by atoms with van der Waals surface area (Å²) in [4.78, 5) is 24.6. The molecule has 0 fully saturated rings. The first-order valence-electron chi connectivity index (χ1n) is 6.81. The Morgan fingerprint density at radius 1 is 1.32 bits per heavy atom. The van der Waals surface area contributed by atoms with Crippen molar-refractivity contribution in [3.63, 3.8) is 0 Å². The van der Waals surface area contributed by atoms with Gasteiger partial charge in [0, 0.05) is 18.7 Å². The highest BCUT2D eigenvalue weighted by Crippen LogP contribution is 2.14. The van der Waals surface area contributed by atoms with Crippen molar-refractivity contribution in [1.82, 2.24) is 15.5 Å². The van der Waals surface area contributed by atoms with E-state index in [1.54, 1.807) is 6.92 Å². The zero-order valence-corrected chi connectivity index (χ0v) is 12.4. The highest BCUT2D eigenvalue weighted by Gasteiger charge is 2.16. The first-order chi connectivity index (χ1) is 10.5. The number of carbonyl (C=O) groups is 2. The number of hydrogen-bond acceptors (Lipinski definition) is 3. The predicted molar refractivity (Wildman–Crippen MR) is 79.0 cm³/mol. The molecule has 120 valence electrons. The van der Waals surface area contributed by atoms with Crippen molar-refractivity contribution in [3.05, 3.63) is 48.1 Å². The number of nitrogens with zero attached hydrogens (tertiary/aromatic N) is 1. The van der Waals surface area contributed by atoms with Crippen LogP contribution in [0.3, 0.4) is 0 Å². The number of urea groups is 1. The number of likely N-dealkylation sites (N-methyl/N-ethyl adjacent to an activating group) is 1. The molecule has 3 amide bonds. The minimum Gasteiger partial charge on any atom is -0.334 e. The number of imide groups is 1. The Bertz CT molecular complexity index is 529. The first kappa shape index (κ1) is 17.8. The summed E-state index contributed by atoms with van der Waals surface area (Å²) in [7, 11) is 0. The molecule has 0 radical (unpaired) electrons. The van der Waals surface area contributed by atoms with Crippen LogP contribution in [0, 0.1) is 11.6 Å². The van der Waals surface area contributed by atoms with Crippen LogP contribution in [0.15, 0.2) is 30.9 Å². The molecule has 0 aliphatic rings. The van der Waals surface area contributed by atoms with E-state index in [1.165, 1.54) is 17.0 Å². The molecule has 1 rings (SSSR count). The van der Waals surface area contributed by atoms with E-state index in [1.807, 2.05) is 0 Å². The summed E-state index contributed by atoms with van der Waals surface area (Å²) in [6.45, 7) is 5.61. The molecule has 0 saturated carbocycles. The van der Waals surface area contributed by atoms with Crippen LogP contribution in [0.5, 0.6) is 0 Å². The van der Waals surface area contributed by atoms with Gasteiger partial charge in [-0.3, -0.25) is 15.0 Å². The van der Waals surface area contributed by atoms with E-state index in [0.29, 0.717) is 6.54 Å². The molecular weight excluding hydrogens is 292 g/mol. The van der Waals surface area contributed by atoms with Gasteiger partial charge in [-0.15, -0.1) is 6.58 Å². The zero-order chi connectivity index (χ0) is 16.5. The standard InChI is InChI=1S/C15H19F2N3O2/c1-3-8-18-15(22)19-14(21)10-20(4-2)9-11-12(16)6-5-7-13(11)17/h3,5-7H,1,4,8-10H2,2H3,(H2,18,19,21,22). The molecule has 0 atom stereocenters. The maximum absolute atomic E-state index is 13.6. The zero-order valence-electron chi connectivity index (χ0n) is 12.4. The molecule has 0 heterocycles. The van der Waals surface area contributed by atoms with Crippen LogP contribution < -0.4 is 10.6 Å². The second-order valence-corrected chi connectivity index (χ2v) is 4.55. The molecule has 0 saturated heterocycles. The van der Waals surface area contributed by atoms with Crippen LogP contribution in [-0.2, 0) is 11.3 Å². The van der Waals surface area contributed by atoms with Crippen LogP contribution in [0.1, 0.15) is 12.5 Å². The van der Waals surface area contributed by atoms with Crippen LogP contribution in [0.4, 0.5) is 13.6 Å². The average molecular weight is 311 g/mol. The van der Waals surface area contributed by atoms with Crippen molar-refractivity contribution < 1.29 is 18.4 Å². The molecule has 5 nitrogen and oxygen atoms in total. The fraction of sp³-hybridized carbons (Fsp3) is 0.333. The average Bonchev–Trinajstić information content (AvgIpc) is 2.47. The molecule has 0 aliphatic heterocycles. The van der Waals surface area contributed by atoms with Gasteiger partial charge in [-0.05, 0) is 18.7 Å². The van der Waals surface area contributed by atoms with Gasteiger partial charge < -0.3 is 5.32 Å². The van der Waals surface area contributed by atoms with E-state index < -0.39 is 23.6 Å². The van der Waals surface area contributed by atoms with Crippen molar-refractivity contribution in [2.75, 3.05) is 19.6 Å². The van der Waals surface area contributed by atoms with Gasteiger partial charge in [0.2, 0.25) is 5.91 Å². The summed E-state index contributed by atoms with van der Waals surface area (Å²) >= 11 is 0. The molecule has 1 aromatic carbocycles. The summed E-state index contributed by atoms with van der Waals surface area (Å²) < 4.78 is 27.2. The molecule has 0 unspecified atom stereocenters. The van der Waals surface area contributed by atoms with Crippen molar-refractivity contribution >= 4 is 11.9 Å². The van der Waals surface area contributed by atoms with E-state index in [9.17, 15) is 18.4 Å². The fourth-order valence-electron chi connectivity index (χ4n) is 1.76. The minimum absolute atomic E-state index is 0.0588. The lowest BCUT2D eigenvalue weighted by molar-refractivity contribution is -0.121. The van der Waals surface area contributed by atoms with E-state index >= 15 is 0 Å². The summed E-state index contributed by atoms with van der Waals surface area (Å²) in [6, 6.07) is 2.96. The number of hydrogen-bond donors (Lipinski definition) is 2. The molecule has 7 heteroatoms. The van der Waals surface area contributed by atoms with Gasteiger partial charge in [0.05, 0.1) is 6.54 Å². The SMILES string of the molecule is C=CCNC(=O)NC(=O)CN(CC)Cc1c(F)cccc1F. The maximum atomic E-state index is 13.6. The lowest BCUT2D eigenvalue weighted by atomic mass is 10.2. The van der Waals surface area contributed by atoms with E-state index in [2.05, 4.69) is 17.2 Å². The van der Waals surface area contributed by atoms with Crippen LogP contribution in [0.2, 0.25) is 0 Å². The Labute approximate surface area is 128 Å². The molecule has 0 bridgehead atoms. The lowest BCUT2D eigenvalue weighted by Crippen LogP contribution is -2.44. The topological polar surface area (TPSA) is 61.4 Å². The molecular formula is C15H19F2N3O2. The third-order valence-electron chi connectivity index (χ3n) is 2.92. The van der Waals surface area contributed by atoms with Crippen LogP contribution in [-0.4, -0.2) is 36.5 Å².